The van der Waals surface area contributed by atoms with Crippen LogP contribution in [-0.4, -0.2) is 23.2 Å². The molecule has 0 saturated carbocycles. The van der Waals surface area contributed by atoms with Crippen molar-refractivity contribution in [2.24, 2.45) is 0 Å². The number of carbonyl (C=O) groups excluding carboxylic acids is 2. The lowest BCUT2D eigenvalue weighted by Crippen LogP contribution is -2.24. The van der Waals surface area contributed by atoms with Crippen molar-refractivity contribution in [3.63, 3.8) is 0 Å². The summed E-state index contributed by atoms with van der Waals surface area (Å²) in [5.74, 6) is -0.169. The summed E-state index contributed by atoms with van der Waals surface area (Å²) < 4.78 is 0. The van der Waals surface area contributed by atoms with Crippen LogP contribution in [0.25, 0.3) is 0 Å². The smallest absolute Gasteiger partial charge is 0.236 e. The van der Waals surface area contributed by atoms with Crippen LogP contribution < -0.4 is 4.90 Å². The molecule has 68 valence electrons. The molecule has 2 rings (SSSR count). The molecule has 1 amide bonds. The molecule has 0 radical (unpaired) electrons. The van der Waals surface area contributed by atoms with Crippen LogP contribution in [0, 0.1) is 6.92 Å². The summed E-state index contributed by atoms with van der Waals surface area (Å²) >= 11 is 1.39. The maximum absolute atomic E-state index is 11.3. The van der Waals surface area contributed by atoms with Crippen molar-refractivity contribution in [1.29, 1.82) is 0 Å². The normalized spacial score (nSPS) is 17.2. The van der Waals surface area contributed by atoms with Crippen molar-refractivity contribution in [2.75, 3.05) is 11.4 Å². The third-order valence-electron chi connectivity index (χ3n) is 1.82. The van der Waals surface area contributed by atoms with Crippen LogP contribution in [-0.2, 0) is 9.59 Å². The third-order valence-corrected chi connectivity index (χ3v) is 2.80. The van der Waals surface area contributed by atoms with E-state index in [-0.39, 0.29) is 24.7 Å². The molecule has 1 aromatic rings. The number of nitrogens with zero attached hydrogens (tertiary/aromatic N) is 2. The quantitative estimate of drug-likeness (QED) is 0.623. The first-order chi connectivity index (χ1) is 6.16. The van der Waals surface area contributed by atoms with E-state index in [1.165, 1.54) is 16.2 Å². The van der Waals surface area contributed by atoms with E-state index in [4.69, 9.17) is 0 Å². The van der Waals surface area contributed by atoms with Crippen LogP contribution in [0.2, 0.25) is 0 Å². The number of hydrogen-bond donors (Lipinski definition) is 0. The lowest BCUT2D eigenvalue weighted by Gasteiger charge is -2.08. The van der Waals surface area contributed by atoms with E-state index in [1.54, 1.807) is 0 Å². The van der Waals surface area contributed by atoms with Crippen molar-refractivity contribution in [3.8, 4) is 0 Å². The molecule has 1 aromatic heterocycles. The van der Waals surface area contributed by atoms with Gasteiger partial charge in [0.1, 0.15) is 0 Å². The van der Waals surface area contributed by atoms with Gasteiger partial charge in [-0.05, 0) is 6.92 Å². The lowest BCUT2D eigenvalue weighted by atomic mass is 10.3. The second-order valence-electron chi connectivity index (χ2n) is 2.97. The molecule has 0 aromatic carbocycles. The number of carbonyl (C=O) groups is 2. The topological polar surface area (TPSA) is 50.3 Å². The number of thiazole rings is 1. The highest BCUT2D eigenvalue weighted by molar-refractivity contribution is 7.14. The predicted octanol–water partition coefficient (Wildman–Crippen LogP) is 0.757. The minimum atomic E-state index is -0.139. The molecule has 0 aliphatic carbocycles. The maximum atomic E-state index is 11.3. The molecular weight excluding hydrogens is 188 g/mol. The Morgan fingerprint density at radius 2 is 2.31 bits per heavy atom. The molecule has 0 atom stereocenters. The molecule has 1 aliphatic heterocycles. The molecule has 5 heteroatoms. The van der Waals surface area contributed by atoms with Gasteiger partial charge in [-0.15, -0.1) is 11.3 Å². The molecule has 4 nitrogen and oxygen atoms in total. The fraction of sp³-hybridized carbons (Fsp3) is 0.375. The average molecular weight is 196 g/mol. The standard InChI is InChI=1S/C8H8N2O2S/c1-5-4-13-8(9-5)10-3-6(11)2-7(10)12/h4H,2-3H2,1H3. The summed E-state index contributed by atoms with van der Waals surface area (Å²) in [7, 11) is 0. The second kappa shape index (κ2) is 2.92. The van der Waals surface area contributed by atoms with Gasteiger partial charge in [-0.1, -0.05) is 0 Å². The van der Waals surface area contributed by atoms with E-state index in [9.17, 15) is 9.59 Å². The Kier molecular flexibility index (Phi) is 1.88. The zero-order chi connectivity index (χ0) is 9.42. The van der Waals surface area contributed by atoms with E-state index in [0.717, 1.165) is 5.69 Å². The Morgan fingerprint density at radius 1 is 1.54 bits per heavy atom. The van der Waals surface area contributed by atoms with Crippen molar-refractivity contribution in [3.05, 3.63) is 11.1 Å². The molecule has 0 N–H and O–H groups in total. The largest absolute Gasteiger partial charge is 0.297 e. The monoisotopic (exact) mass is 196 g/mol. The second-order valence-corrected chi connectivity index (χ2v) is 3.80. The number of ketones is 1. The Bertz CT molecular complexity index is 372. The van der Waals surface area contributed by atoms with E-state index in [2.05, 4.69) is 4.98 Å². The minimum absolute atomic E-state index is 0.0264. The zero-order valence-corrected chi connectivity index (χ0v) is 7.93. The van der Waals surface area contributed by atoms with Crippen LogP contribution in [0.5, 0.6) is 0 Å². The molecule has 2 heterocycles. The number of rotatable bonds is 1. The summed E-state index contributed by atoms with van der Waals surface area (Å²) in [6.45, 7) is 2.05. The number of anilines is 1. The van der Waals surface area contributed by atoms with Crippen LogP contribution in [0.3, 0.4) is 0 Å². The molecule has 1 fully saturated rings. The number of Topliss-reactive ketones (excluding diaryl/α,β-unsaturated/α-hetero) is 1. The Labute approximate surface area is 79.2 Å². The Balaban J connectivity index is 2.27. The first-order valence-corrected chi connectivity index (χ1v) is 4.79. The van der Waals surface area contributed by atoms with Gasteiger partial charge in [0, 0.05) is 5.38 Å². The summed E-state index contributed by atoms with van der Waals surface area (Å²) in [6.07, 6.45) is 0.0264. The first-order valence-electron chi connectivity index (χ1n) is 3.91. The highest BCUT2D eigenvalue weighted by atomic mass is 32.1. The van der Waals surface area contributed by atoms with Gasteiger partial charge < -0.3 is 0 Å². The molecule has 0 bridgehead atoms. The number of aryl methyl sites for hydroxylation is 1. The van der Waals surface area contributed by atoms with E-state index < -0.39 is 0 Å². The third kappa shape index (κ3) is 1.47. The van der Waals surface area contributed by atoms with Gasteiger partial charge in [-0.2, -0.15) is 0 Å². The van der Waals surface area contributed by atoms with Gasteiger partial charge in [-0.25, -0.2) is 4.98 Å². The molecule has 13 heavy (non-hydrogen) atoms. The number of amides is 1. The highest BCUT2D eigenvalue weighted by Crippen LogP contribution is 2.23. The molecule has 0 unspecified atom stereocenters. The van der Waals surface area contributed by atoms with E-state index >= 15 is 0 Å². The van der Waals surface area contributed by atoms with Crippen LogP contribution >= 0.6 is 11.3 Å². The SMILES string of the molecule is Cc1csc(N2CC(=O)CC2=O)n1. The van der Waals surface area contributed by atoms with Gasteiger partial charge in [0.15, 0.2) is 10.9 Å². The van der Waals surface area contributed by atoms with Crippen molar-refractivity contribution in [2.45, 2.75) is 13.3 Å². The van der Waals surface area contributed by atoms with Crippen LogP contribution in [0.4, 0.5) is 5.13 Å². The maximum Gasteiger partial charge on any atom is 0.236 e. The molecular formula is C8H8N2O2S. The van der Waals surface area contributed by atoms with Gasteiger partial charge >= 0.3 is 0 Å². The zero-order valence-electron chi connectivity index (χ0n) is 7.11. The first kappa shape index (κ1) is 8.37. The van der Waals surface area contributed by atoms with Crippen molar-refractivity contribution >= 4 is 28.2 Å². The van der Waals surface area contributed by atoms with Gasteiger partial charge in [0.05, 0.1) is 18.7 Å². The number of aromatic nitrogens is 1. The molecule has 1 saturated heterocycles. The fourth-order valence-electron chi connectivity index (χ4n) is 1.22. The van der Waals surface area contributed by atoms with Crippen LogP contribution in [0.15, 0.2) is 5.38 Å². The van der Waals surface area contributed by atoms with Crippen LogP contribution in [0.1, 0.15) is 12.1 Å². The summed E-state index contributed by atoms with van der Waals surface area (Å²) in [5, 5.41) is 2.50. The highest BCUT2D eigenvalue weighted by Gasteiger charge is 2.30. The summed E-state index contributed by atoms with van der Waals surface area (Å²) in [6, 6.07) is 0. The van der Waals surface area contributed by atoms with Crippen molar-refractivity contribution < 1.29 is 9.59 Å². The molecule has 1 aliphatic rings. The molecule has 0 spiro atoms. The summed E-state index contributed by atoms with van der Waals surface area (Å²) in [5.41, 5.74) is 0.882. The van der Waals surface area contributed by atoms with Gasteiger partial charge in [-0.3, -0.25) is 14.5 Å². The Hall–Kier alpha value is -1.23. The lowest BCUT2D eigenvalue weighted by molar-refractivity contribution is -0.121. The van der Waals surface area contributed by atoms with Crippen molar-refractivity contribution in [1.82, 2.24) is 4.98 Å². The van der Waals surface area contributed by atoms with Gasteiger partial charge in [0.2, 0.25) is 5.91 Å². The Morgan fingerprint density at radius 3 is 2.77 bits per heavy atom. The summed E-state index contributed by atoms with van der Waals surface area (Å²) in [4.78, 5) is 27.8. The number of hydrogen-bond acceptors (Lipinski definition) is 4. The van der Waals surface area contributed by atoms with Gasteiger partial charge in [0.25, 0.3) is 0 Å². The van der Waals surface area contributed by atoms with E-state index in [1.807, 2.05) is 12.3 Å². The fourth-order valence-corrected chi connectivity index (χ4v) is 2.04. The van der Waals surface area contributed by atoms with E-state index in [0.29, 0.717) is 5.13 Å². The predicted molar refractivity (Wildman–Crippen MR) is 48.8 cm³/mol. The average Bonchev–Trinajstić information content (AvgIpc) is 2.58. The minimum Gasteiger partial charge on any atom is -0.297 e.